The van der Waals surface area contributed by atoms with Crippen molar-refractivity contribution in [1.82, 2.24) is 14.7 Å². The van der Waals surface area contributed by atoms with Crippen molar-refractivity contribution in [2.75, 3.05) is 44.5 Å². The van der Waals surface area contributed by atoms with E-state index in [1.54, 1.807) is 23.9 Å². The molecule has 0 aliphatic carbocycles. The predicted octanol–water partition coefficient (Wildman–Crippen LogP) is 5.26. The number of nitrogens with one attached hydrogen (secondary N) is 2. The number of benzene rings is 2. The highest BCUT2D eigenvalue weighted by atomic mass is 35.5. The summed E-state index contributed by atoms with van der Waals surface area (Å²) >= 11 is 6.19. The summed E-state index contributed by atoms with van der Waals surface area (Å²) in [4.78, 5) is 27.5. The van der Waals surface area contributed by atoms with Crippen molar-refractivity contribution in [3.63, 3.8) is 0 Å². The maximum Gasteiger partial charge on any atom is 0.322 e. The number of nitrogens with zero attached hydrogens (tertiary/aromatic N) is 3. The Kier molecular flexibility index (Phi) is 9.18. The Hall–Kier alpha value is -3.56. The van der Waals surface area contributed by atoms with Crippen LogP contribution < -0.4 is 15.4 Å². The van der Waals surface area contributed by atoms with Crippen LogP contribution in [0.25, 0.3) is 5.69 Å². The number of amides is 3. The number of methoxy groups -OCH3 is 2. The zero-order valence-electron chi connectivity index (χ0n) is 22.1. The number of aromatic nitrogens is 2. The van der Waals surface area contributed by atoms with Crippen LogP contribution in [0, 0.1) is 6.92 Å². The molecule has 0 aliphatic heterocycles. The number of carbonyl (C=O) groups is 2. The second-order valence-corrected chi connectivity index (χ2v) is 10.0. The first-order valence-corrected chi connectivity index (χ1v) is 12.3. The Balaban J connectivity index is 1.80. The van der Waals surface area contributed by atoms with Crippen LogP contribution in [0.5, 0.6) is 5.75 Å². The van der Waals surface area contributed by atoms with Crippen LogP contribution >= 0.6 is 11.6 Å². The first kappa shape index (κ1) is 28.0. The summed E-state index contributed by atoms with van der Waals surface area (Å²) < 4.78 is 12.1. The van der Waals surface area contributed by atoms with Crippen molar-refractivity contribution in [3.8, 4) is 11.4 Å². The van der Waals surface area contributed by atoms with Crippen LogP contribution in [0.15, 0.2) is 48.5 Å². The van der Waals surface area contributed by atoms with Crippen LogP contribution in [0.1, 0.15) is 32.0 Å². The maximum atomic E-state index is 13.1. The molecule has 3 rings (SSSR count). The van der Waals surface area contributed by atoms with Crippen LogP contribution in [-0.4, -0.2) is 60.5 Å². The van der Waals surface area contributed by atoms with E-state index in [2.05, 4.69) is 10.6 Å². The number of urea groups is 1. The average Bonchev–Trinajstić information content (AvgIpc) is 3.28. The van der Waals surface area contributed by atoms with E-state index in [0.29, 0.717) is 22.3 Å². The first-order chi connectivity index (χ1) is 17.5. The molecule has 0 saturated heterocycles. The SMILES string of the molecule is COCCN(CC(=O)Nc1cc(C(C)(C)C)nn1-c1ccc(OC)cc1)C(=O)Nc1ccc(C)c(Cl)c1. The summed E-state index contributed by atoms with van der Waals surface area (Å²) in [6, 6.07) is 14.0. The van der Waals surface area contributed by atoms with Gasteiger partial charge in [0.15, 0.2) is 0 Å². The second kappa shape index (κ2) is 12.1. The lowest BCUT2D eigenvalue weighted by atomic mass is 9.92. The summed E-state index contributed by atoms with van der Waals surface area (Å²) in [5.74, 6) is 0.841. The van der Waals surface area contributed by atoms with Gasteiger partial charge < -0.3 is 25.0 Å². The lowest BCUT2D eigenvalue weighted by Crippen LogP contribution is -2.42. The number of aryl methyl sites for hydroxylation is 1. The van der Waals surface area contributed by atoms with Gasteiger partial charge in [0.2, 0.25) is 5.91 Å². The summed E-state index contributed by atoms with van der Waals surface area (Å²) in [5, 5.41) is 11.0. The smallest absolute Gasteiger partial charge is 0.322 e. The van der Waals surface area contributed by atoms with Crippen LogP contribution in [0.4, 0.5) is 16.3 Å². The topological polar surface area (TPSA) is 97.7 Å². The molecule has 3 aromatic rings. The minimum Gasteiger partial charge on any atom is -0.497 e. The van der Waals surface area contributed by atoms with Gasteiger partial charge >= 0.3 is 6.03 Å². The van der Waals surface area contributed by atoms with Crippen LogP contribution in [-0.2, 0) is 14.9 Å². The average molecular weight is 528 g/mol. The Bertz CT molecular complexity index is 1230. The first-order valence-electron chi connectivity index (χ1n) is 11.9. The highest BCUT2D eigenvalue weighted by Gasteiger charge is 2.23. The molecule has 0 fully saturated rings. The number of carbonyl (C=O) groups excluding carboxylic acids is 2. The van der Waals surface area contributed by atoms with E-state index in [1.165, 1.54) is 12.0 Å². The van der Waals surface area contributed by atoms with E-state index in [9.17, 15) is 9.59 Å². The minimum atomic E-state index is -0.439. The molecule has 0 atom stereocenters. The van der Waals surface area contributed by atoms with Crippen molar-refractivity contribution in [2.45, 2.75) is 33.1 Å². The van der Waals surface area contributed by atoms with E-state index in [-0.39, 0.29) is 31.0 Å². The molecular formula is C27H34ClN5O4. The molecule has 198 valence electrons. The van der Waals surface area contributed by atoms with Gasteiger partial charge in [0, 0.05) is 35.8 Å². The predicted molar refractivity (Wildman–Crippen MR) is 146 cm³/mol. The van der Waals surface area contributed by atoms with Crippen molar-refractivity contribution >= 4 is 35.0 Å². The molecule has 1 aromatic heterocycles. The molecule has 0 aliphatic rings. The van der Waals surface area contributed by atoms with Gasteiger partial charge in [-0.1, -0.05) is 38.4 Å². The fraction of sp³-hybridized carbons (Fsp3) is 0.370. The van der Waals surface area contributed by atoms with Crippen LogP contribution in [0.3, 0.4) is 0 Å². The molecule has 2 N–H and O–H groups in total. The third kappa shape index (κ3) is 7.47. The fourth-order valence-electron chi connectivity index (χ4n) is 3.44. The Morgan fingerprint density at radius 3 is 2.35 bits per heavy atom. The number of anilines is 2. The summed E-state index contributed by atoms with van der Waals surface area (Å²) in [7, 11) is 3.14. The van der Waals surface area contributed by atoms with Gasteiger partial charge in [-0.05, 0) is 48.9 Å². The number of hydrogen-bond donors (Lipinski definition) is 2. The molecule has 0 radical (unpaired) electrons. The summed E-state index contributed by atoms with van der Waals surface area (Å²) in [6.07, 6.45) is 0. The van der Waals surface area contributed by atoms with Crippen molar-refractivity contribution in [1.29, 1.82) is 0 Å². The van der Waals surface area contributed by atoms with Crippen LogP contribution in [0.2, 0.25) is 5.02 Å². The van der Waals surface area contributed by atoms with Crippen molar-refractivity contribution in [2.24, 2.45) is 0 Å². The highest BCUT2D eigenvalue weighted by Crippen LogP contribution is 2.27. The molecule has 0 spiro atoms. The number of ether oxygens (including phenoxy) is 2. The third-order valence-corrected chi connectivity index (χ3v) is 6.08. The zero-order valence-corrected chi connectivity index (χ0v) is 22.8. The molecule has 3 amide bonds. The Labute approximate surface area is 222 Å². The lowest BCUT2D eigenvalue weighted by molar-refractivity contribution is -0.116. The van der Waals surface area contributed by atoms with Gasteiger partial charge in [0.1, 0.15) is 18.1 Å². The zero-order chi connectivity index (χ0) is 27.2. The van der Waals surface area contributed by atoms with Gasteiger partial charge in [0.25, 0.3) is 0 Å². The monoisotopic (exact) mass is 527 g/mol. The number of rotatable bonds is 9. The van der Waals surface area contributed by atoms with E-state index in [0.717, 1.165) is 16.9 Å². The minimum absolute atomic E-state index is 0.187. The van der Waals surface area contributed by atoms with Gasteiger partial charge in [-0.2, -0.15) is 5.10 Å². The number of halogens is 1. The largest absolute Gasteiger partial charge is 0.497 e. The third-order valence-electron chi connectivity index (χ3n) is 5.67. The molecule has 0 saturated carbocycles. The van der Waals surface area contributed by atoms with Crippen molar-refractivity contribution < 1.29 is 19.1 Å². The summed E-state index contributed by atoms with van der Waals surface area (Å²) in [5.41, 5.74) is 2.77. The molecule has 9 nitrogen and oxygen atoms in total. The maximum absolute atomic E-state index is 13.1. The molecule has 10 heteroatoms. The van der Waals surface area contributed by atoms with E-state index < -0.39 is 6.03 Å². The van der Waals surface area contributed by atoms with E-state index in [1.807, 2.05) is 64.1 Å². The molecule has 1 heterocycles. The van der Waals surface area contributed by atoms with Gasteiger partial charge in [-0.3, -0.25) is 4.79 Å². The van der Waals surface area contributed by atoms with Gasteiger partial charge in [0.05, 0.1) is 25.1 Å². The molecule has 37 heavy (non-hydrogen) atoms. The summed E-state index contributed by atoms with van der Waals surface area (Å²) in [6.45, 7) is 8.33. The molecular weight excluding hydrogens is 494 g/mol. The quantitative estimate of drug-likeness (QED) is 0.395. The standard InChI is InChI=1S/C27H34ClN5O4/c1-18-7-8-19(15-22(18)28)29-26(35)32(13-14-36-5)17-25(34)30-24-16-23(27(2,3)4)31-33(24)20-9-11-21(37-6)12-10-20/h7-12,15-16H,13-14,17H2,1-6H3,(H,29,35)(H,30,34). The van der Waals surface area contributed by atoms with E-state index >= 15 is 0 Å². The molecule has 0 bridgehead atoms. The van der Waals surface area contributed by atoms with E-state index in [4.69, 9.17) is 26.2 Å². The van der Waals surface area contributed by atoms with Crippen molar-refractivity contribution in [3.05, 3.63) is 64.8 Å². The number of hydrogen-bond acceptors (Lipinski definition) is 5. The molecule has 2 aromatic carbocycles. The molecule has 0 unspecified atom stereocenters. The highest BCUT2D eigenvalue weighted by molar-refractivity contribution is 6.31. The Morgan fingerprint density at radius 2 is 1.76 bits per heavy atom. The second-order valence-electron chi connectivity index (χ2n) is 9.63. The lowest BCUT2D eigenvalue weighted by Gasteiger charge is -2.22. The Morgan fingerprint density at radius 1 is 1.05 bits per heavy atom. The van der Waals surface area contributed by atoms with Gasteiger partial charge in [-0.25, -0.2) is 9.48 Å². The van der Waals surface area contributed by atoms with Gasteiger partial charge in [-0.15, -0.1) is 0 Å². The normalized spacial score (nSPS) is 11.2. The fourth-order valence-corrected chi connectivity index (χ4v) is 3.62.